The lowest BCUT2D eigenvalue weighted by Gasteiger charge is -2.33. The lowest BCUT2D eigenvalue weighted by Crippen LogP contribution is -2.42. The van der Waals surface area contributed by atoms with Crippen LogP contribution in [0.15, 0.2) is 24.5 Å². The summed E-state index contributed by atoms with van der Waals surface area (Å²) < 4.78 is 5.88. The van der Waals surface area contributed by atoms with Crippen LogP contribution in [0.4, 0.5) is 5.69 Å². The highest BCUT2D eigenvalue weighted by atomic mass is 16.5. The number of carbonyl (C=O) groups excluding carboxylic acids is 1. The first-order valence-corrected chi connectivity index (χ1v) is 9.03. The molecule has 7 heteroatoms. The van der Waals surface area contributed by atoms with E-state index in [1.807, 2.05) is 26.1 Å². The molecule has 0 radical (unpaired) electrons. The molecule has 26 heavy (non-hydrogen) atoms. The van der Waals surface area contributed by atoms with Gasteiger partial charge in [-0.3, -0.25) is 9.78 Å². The number of rotatable bonds is 4. The van der Waals surface area contributed by atoms with E-state index in [4.69, 9.17) is 4.74 Å². The summed E-state index contributed by atoms with van der Waals surface area (Å²) in [5.41, 5.74) is 3.28. The van der Waals surface area contributed by atoms with Crippen LogP contribution in [0, 0.1) is 6.92 Å². The Bertz CT molecular complexity index is 804. The molecule has 0 spiro atoms. The fraction of sp³-hybridized carbons (Fsp3) is 0.474. The zero-order valence-electron chi connectivity index (χ0n) is 15.1. The summed E-state index contributed by atoms with van der Waals surface area (Å²) in [7, 11) is 1.88. The summed E-state index contributed by atoms with van der Waals surface area (Å²) in [4.78, 5) is 27.9. The number of nitrogens with zero attached hydrogens (tertiary/aromatic N) is 4. The van der Waals surface area contributed by atoms with E-state index < -0.39 is 0 Å². The summed E-state index contributed by atoms with van der Waals surface area (Å²) in [6.45, 7) is 3.48. The smallest absolute Gasteiger partial charge is 0.257 e. The Morgan fingerprint density at radius 3 is 2.73 bits per heavy atom. The van der Waals surface area contributed by atoms with E-state index in [-0.39, 0.29) is 12.0 Å². The fourth-order valence-electron chi connectivity index (χ4n) is 3.20. The third kappa shape index (κ3) is 3.53. The van der Waals surface area contributed by atoms with Crippen LogP contribution in [0.1, 0.15) is 52.4 Å². The molecule has 1 atom stereocenters. The Kier molecular flexibility index (Phi) is 4.55. The van der Waals surface area contributed by atoms with E-state index in [0.717, 1.165) is 35.7 Å². The number of aryl methyl sites for hydroxylation is 1. The maximum absolute atomic E-state index is 12.8. The van der Waals surface area contributed by atoms with Crippen LogP contribution in [0.25, 0.3) is 0 Å². The van der Waals surface area contributed by atoms with Gasteiger partial charge in [0.05, 0.1) is 24.4 Å². The second-order valence-electron chi connectivity index (χ2n) is 6.89. The fourth-order valence-corrected chi connectivity index (χ4v) is 3.20. The molecule has 2 aromatic heterocycles. The molecular weight excluding hydrogens is 330 g/mol. The van der Waals surface area contributed by atoms with Crippen molar-refractivity contribution < 1.29 is 9.53 Å². The van der Waals surface area contributed by atoms with Gasteiger partial charge >= 0.3 is 0 Å². The number of nitrogens with one attached hydrogen (secondary N) is 1. The predicted octanol–water partition coefficient (Wildman–Crippen LogP) is 2.31. The monoisotopic (exact) mass is 353 g/mol. The molecule has 1 N–H and O–H groups in total. The van der Waals surface area contributed by atoms with Gasteiger partial charge in [-0.15, -0.1) is 0 Å². The van der Waals surface area contributed by atoms with Crippen LogP contribution in [-0.4, -0.2) is 52.5 Å². The van der Waals surface area contributed by atoms with E-state index >= 15 is 0 Å². The Labute approximate surface area is 152 Å². The van der Waals surface area contributed by atoms with E-state index in [1.54, 1.807) is 17.3 Å². The molecule has 1 saturated carbocycles. The van der Waals surface area contributed by atoms with Gasteiger partial charge in [0.2, 0.25) is 0 Å². The molecule has 0 unspecified atom stereocenters. The Morgan fingerprint density at radius 2 is 2.04 bits per heavy atom. The van der Waals surface area contributed by atoms with Gasteiger partial charge in [-0.1, -0.05) is 0 Å². The molecule has 1 amide bonds. The molecule has 1 aliphatic carbocycles. The van der Waals surface area contributed by atoms with Crippen LogP contribution in [0.2, 0.25) is 0 Å². The minimum atomic E-state index is -0.230. The molecule has 2 fully saturated rings. The van der Waals surface area contributed by atoms with Gasteiger partial charge in [-0.05, 0) is 31.9 Å². The normalized spacial score (nSPS) is 20.1. The molecular formula is C19H23N5O2. The zero-order chi connectivity index (χ0) is 18.1. The third-order valence-electron chi connectivity index (χ3n) is 4.81. The van der Waals surface area contributed by atoms with Gasteiger partial charge in [-0.25, -0.2) is 9.97 Å². The molecule has 7 nitrogen and oxygen atoms in total. The first kappa shape index (κ1) is 16.9. The number of hydrogen-bond acceptors (Lipinski definition) is 6. The molecule has 2 aliphatic rings. The lowest BCUT2D eigenvalue weighted by molar-refractivity contribution is -0.0247. The van der Waals surface area contributed by atoms with Gasteiger partial charge in [-0.2, -0.15) is 0 Å². The van der Waals surface area contributed by atoms with E-state index in [1.165, 1.54) is 0 Å². The van der Waals surface area contributed by atoms with Crippen molar-refractivity contribution in [3.05, 3.63) is 47.3 Å². The van der Waals surface area contributed by atoms with Crippen LogP contribution < -0.4 is 5.32 Å². The molecule has 136 valence electrons. The van der Waals surface area contributed by atoms with Crippen LogP contribution in [0.5, 0.6) is 0 Å². The number of pyridine rings is 1. The quantitative estimate of drug-likeness (QED) is 0.909. The van der Waals surface area contributed by atoms with Crippen LogP contribution in [-0.2, 0) is 4.74 Å². The maximum Gasteiger partial charge on any atom is 0.257 e. The zero-order valence-corrected chi connectivity index (χ0v) is 15.1. The second-order valence-corrected chi connectivity index (χ2v) is 6.89. The molecule has 4 rings (SSSR count). The number of hydrogen-bond donors (Lipinski definition) is 1. The highest BCUT2D eigenvalue weighted by Crippen LogP contribution is 2.37. The van der Waals surface area contributed by atoms with Crippen molar-refractivity contribution in [2.45, 2.75) is 31.8 Å². The highest BCUT2D eigenvalue weighted by Gasteiger charge is 2.29. The lowest BCUT2D eigenvalue weighted by atomic mass is 10.1. The number of ether oxygens (including phenoxy) is 1. The summed E-state index contributed by atoms with van der Waals surface area (Å²) in [5.74, 6) is 1.28. The summed E-state index contributed by atoms with van der Waals surface area (Å²) >= 11 is 0. The van der Waals surface area contributed by atoms with Crippen molar-refractivity contribution in [2.75, 3.05) is 32.1 Å². The summed E-state index contributed by atoms with van der Waals surface area (Å²) in [5, 5.41) is 3.13. The third-order valence-corrected chi connectivity index (χ3v) is 4.81. The molecule has 3 heterocycles. The Morgan fingerprint density at radius 1 is 1.27 bits per heavy atom. The van der Waals surface area contributed by atoms with Crippen molar-refractivity contribution in [3.8, 4) is 0 Å². The Hall–Kier alpha value is -2.54. The number of aromatic nitrogens is 3. The molecule has 0 aromatic carbocycles. The molecule has 1 saturated heterocycles. The van der Waals surface area contributed by atoms with Crippen LogP contribution in [0.3, 0.4) is 0 Å². The summed E-state index contributed by atoms with van der Waals surface area (Å²) in [6, 6.07) is 3.95. The molecule has 0 bridgehead atoms. The SMILES string of the molecule is CNc1cc(C)nc([C@H]2CN(C(=O)c3cnc(C4CC4)nc3)CCO2)c1. The minimum absolute atomic E-state index is 0.0536. The number of amides is 1. The number of anilines is 1. The molecule has 1 aliphatic heterocycles. The van der Waals surface area contributed by atoms with Gasteiger partial charge in [0.15, 0.2) is 0 Å². The Balaban J connectivity index is 1.49. The van der Waals surface area contributed by atoms with Crippen molar-refractivity contribution >= 4 is 11.6 Å². The first-order valence-electron chi connectivity index (χ1n) is 9.03. The van der Waals surface area contributed by atoms with Gasteiger partial charge in [0.1, 0.15) is 11.9 Å². The largest absolute Gasteiger partial charge is 0.388 e. The second kappa shape index (κ2) is 6.99. The maximum atomic E-state index is 12.8. The van der Waals surface area contributed by atoms with Gasteiger partial charge < -0.3 is 15.0 Å². The first-order chi connectivity index (χ1) is 12.6. The van der Waals surface area contributed by atoms with Crippen molar-refractivity contribution in [1.29, 1.82) is 0 Å². The topological polar surface area (TPSA) is 80.2 Å². The highest BCUT2D eigenvalue weighted by molar-refractivity contribution is 5.93. The number of morpholine rings is 1. The van der Waals surface area contributed by atoms with Gasteiger partial charge in [0, 0.05) is 43.3 Å². The van der Waals surface area contributed by atoms with E-state index in [9.17, 15) is 4.79 Å². The summed E-state index contributed by atoms with van der Waals surface area (Å²) in [6.07, 6.45) is 5.37. The van der Waals surface area contributed by atoms with E-state index in [2.05, 4.69) is 20.3 Å². The van der Waals surface area contributed by atoms with E-state index in [0.29, 0.717) is 31.2 Å². The van der Waals surface area contributed by atoms with Crippen molar-refractivity contribution in [1.82, 2.24) is 19.9 Å². The van der Waals surface area contributed by atoms with Crippen molar-refractivity contribution in [3.63, 3.8) is 0 Å². The van der Waals surface area contributed by atoms with Crippen molar-refractivity contribution in [2.24, 2.45) is 0 Å². The van der Waals surface area contributed by atoms with Gasteiger partial charge in [0.25, 0.3) is 5.91 Å². The predicted molar refractivity (Wildman–Crippen MR) is 97.1 cm³/mol. The standard InChI is InChI=1S/C19H23N5O2/c1-12-7-15(20-2)8-16(23-12)17-11-24(5-6-26-17)19(25)14-9-21-18(22-10-14)13-3-4-13/h7-10,13,17H,3-6,11H2,1-2H3,(H,20,23)/t17-/m1/s1. The average Bonchev–Trinajstić information content (AvgIpc) is 3.52. The molecule has 2 aromatic rings. The minimum Gasteiger partial charge on any atom is -0.388 e. The van der Waals surface area contributed by atoms with Crippen LogP contribution >= 0.6 is 0 Å². The average molecular weight is 353 g/mol. The number of carbonyl (C=O) groups is 1.